The third-order valence-electron chi connectivity index (χ3n) is 6.18. The lowest BCUT2D eigenvalue weighted by atomic mass is 9.84. The molecule has 2 aromatic carbocycles. The predicted molar refractivity (Wildman–Crippen MR) is 147 cm³/mol. The van der Waals surface area contributed by atoms with Crippen LogP contribution in [0.4, 0.5) is 5.69 Å². The Hall–Kier alpha value is -3.07. The van der Waals surface area contributed by atoms with E-state index in [1.54, 1.807) is 20.2 Å². The van der Waals surface area contributed by atoms with Crippen molar-refractivity contribution < 1.29 is 19.1 Å². The van der Waals surface area contributed by atoms with Crippen LogP contribution in [0, 0.1) is 0 Å². The van der Waals surface area contributed by atoms with Crippen molar-refractivity contribution in [2.24, 2.45) is 4.02 Å². The number of hydrogen-bond acceptors (Lipinski definition) is 6. The van der Waals surface area contributed by atoms with Gasteiger partial charge in [0.05, 0.1) is 42.0 Å². The lowest BCUT2D eigenvalue weighted by Crippen LogP contribution is -2.31. The number of ketones is 1. The van der Waals surface area contributed by atoms with Crippen LogP contribution in [0.25, 0.3) is 0 Å². The Morgan fingerprint density at radius 2 is 1.89 bits per heavy atom. The van der Waals surface area contributed by atoms with Gasteiger partial charge < -0.3 is 24.6 Å². The minimum atomic E-state index is -0.251. The van der Waals surface area contributed by atoms with Gasteiger partial charge in [-0.15, -0.1) is 0 Å². The smallest absolute Gasteiger partial charge is 0.253 e. The van der Waals surface area contributed by atoms with Crippen molar-refractivity contribution in [3.8, 4) is 11.5 Å². The summed E-state index contributed by atoms with van der Waals surface area (Å²) < 4.78 is 15.8. The van der Waals surface area contributed by atoms with E-state index in [2.05, 4.69) is 46.3 Å². The van der Waals surface area contributed by atoms with E-state index in [0.29, 0.717) is 41.6 Å². The van der Waals surface area contributed by atoms with Crippen LogP contribution in [0.3, 0.4) is 0 Å². The first-order chi connectivity index (χ1) is 17.0. The number of amides is 1. The summed E-state index contributed by atoms with van der Waals surface area (Å²) in [6, 6.07) is 7.47. The van der Waals surface area contributed by atoms with Gasteiger partial charge in [-0.2, -0.15) is 4.02 Å². The molecule has 2 aromatic rings. The number of carbonyl (C=O) groups is 2. The number of methoxy groups -OCH3 is 1. The van der Waals surface area contributed by atoms with Gasteiger partial charge in [-0.3, -0.25) is 9.59 Å². The van der Waals surface area contributed by atoms with Gasteiger partial charge in [0.25, 0.3) is 5.91 Å². The summed E-state index contributed by atoms with van der Waals surface area (Å²) in [4.78, 5) is 29.9. The Morgan fingerprint density at radius 1 is 1.19 bits per heavy atom. The maximum Gasteiger partial charge on any atom is 0.253 e. The molecule has 36 heavy (non-hydrogen) atoms. The van der Waals surface area contributed by atoms with Crippen molar-refractivity contribution >= 4 is 39.4 Å². The number of anilines is 1. The van der Waals surface area contributed by atoms with E-state index in [9.17, 15) is 9.59 Å². The summed E-state index contributed by atoms with van der Waals surface area (Å²) in [5, 5.41) is 2.70. The van der Waals surface area contributed by atoms with Gasteiger partial charge in [0.2, 0.25) is 0 Å². The van der Waals surface area contributed by atoms with E-state index in [-0.39, 0.29) is 23.7 Å². The molecule has 1 aliphatic heterocycles. The molecule has 0 saturated heterocycles. The van der Waals surface area contributed by atoms with Crippen LogP contribution in [0.1, 0.15) is 65.1 Å². The van der Waals surface area contributed by atoms with Crippen molar-refractivity contribution in [1.29, 1.82) is 0 Å². The maximum atomic E-state index is 13.6. The van der Waals surface area contributed by atoms with Crippen molar-refractivity contribution in [1.82, 2.24) is 10.2 Å². The monoisotopic (exact) mass is 558 g/mol. The molecule has 8 nitrogen and oxygen atoms in total. The highest BCUT2D eigenvalue weighted by molar-refractivity contribution is 9.08. The molecule has 0 radical (unpaired) electrons. The van der Waals surface area contributed by atoms with Crippen LogP contribution in [-0.2, 0) is 12.0 Å². The number of hydrogen-bond donors (Lipinski definition) is 1. The van der Waals surface area contributed by atoms with Crippen LogP contribution >= 0.6 is 16.1 Å². The van der Waals surface area contributed by atoms with Crippen LogP contribution in [0.2, 0.25) is 0 Å². The van der Waals surface area contributed by atoms with Gasteiger partial charge in [-0.05, 0) is 42.2 Å². The van der Waals surface area contributed by atoms with Gasteiger partial charge in [-0.1, -0.05) is 20.8 Å². The standard InChI is InChI=1S/C27H35BrN4O4/c1-9-36-23-12-16(10-20(24(23)35-8)27(2,3)4)22(33)15-32-14-17-11-21(31(6)7)19(26(34)29-5)13-18(17)25(32)30-28/h10-13H,9,14-15H2,1-8H3,(H,29,34). The van der Waals surface area contributed by atoms with Crippen molar-refractivity contribution in [3.05, 3.63) is 52.1 Å². The van der Waals surface area contributed by atoms with Crippen LogP contribution in [0.5, 0.6) is 11.5 Å². The SMILES string of the molecule is CCOc1cc(C(=O)CN2Cc3cc(N(C)C)c(C(=O)NC)cc3C2=NBr)cc(C(C)(C)C)c1OC. The predicted octanol–water partition coefficient (Wildman–Crippen LogP) is 4.57. The lowest BCUT2D eigenvalue weighted by molar-refractivity contribution is 0.0955. The normalized spacial score (nSPS) is 14.0. The zero-order valence-corrected chi connectivity index (χ0v) is 23.9. The van der Waals surface area contributed by atoms with E-state index in [0.717, 1.165) is 22.4 Å². The molecule has 0 unspecified atom stereocenters. The molecule has 9 heteroatoms. The molecule has 1 amide bonds. The molecular weight excluding hydrogens is 524 g/mol. The minimum absolute atomic E-state index is 0.0649. The number of amidine groups is 1. The molecule has 0 aliphatic carbocycles. The summed E-state index contributed by atoms with van der Waals surface area (Å²) in [6.45, 7) is 9.21. The molecule has 0 fully saturated rings. The minimum Gasteiger partial charge on any atom is -0.493 e. The Bertz CT molecular complexity index is 1200. The van der Waals surface area contributed by atoms with Crippen LogP contribution < -0.4 is 19.7 Å². The highest BCUT2D eigenvalue weighted by Crippen LogP contribution is 2.40. The van der Waals surface area contributed by atoms with E-state index >= 15 is 0 Å². The van der Waals surface area contributed by atoms with Gasteiger partial charge in [-0.25, -0.2) is 0 Å². The second kappa shape index (κ2) is 10.9. The van der Waals surface area contributed by atoms with E-state index in [1.807, 2.05) is 49.0 Å². The number of nitrogens with zero attached hydrogens (tertiary/aromatic N) is 3. The number of carbonyl (C=O) groups excluding carboxylic acids is 2. The average Bonchev–Trinajstić information content (AvgIpc) is 3.17. The second-order valence-corrected chi connectivity index (χ2v) is 10.3. The molecule has 1 aliphatic rings. The first kappa shape index (κ1) is 27.5. The molecule has 3 rings (SSSR count). The highest BCUT2D eigenvalue weighted by atomic mass is 79.9. The van der Waals surface area contributed by atoms with Crippen LogP contribution in [-0.4, -0.2) is 63.8 Å². The number of fused-ring (bicyclic) bond motifs is 1. The van der Waals surface area contributed by atoms with E-state index < -0.39 is 0 Å². The fraction of sp³-hybridized carbons (Fsp3) is 0.444. The Labute approximate surface area is 222 Å². The molecular formula is C27H35BrN4O4. The molecule has 0 aromatic heterocycles. The molecule has 1 N–H and O–H groups in total. The van der Waals surface area contributed by atoms with E-state index in [1.165, 1.54) is 0 Å². The molecule has 0 bridgehead atoms. The third kappa shape index (κ3) is 5.36. The van der Waals surface area contributed by atoms with Crippen LogP contribution in [0.15, 0.2) is 28.3 Å². The highest BCUT2D eigenvalue weighted by Gasteiger charge is 2.31. The van der Waals surface area contributed by atoms with Gasteiger partial charge in [0.15, 0.2) is 17.3 Å². The first-order valence-corrected chi connectivity index (χ1v) is 12.6. The summed E-state index contributed by atoms with van der Waals surface area (Å²) in [6.07, 6.45) is 0. The van der Waals surface area contributed by atoms with Crippen molar-refractivity contribution in [2.45, 2.75) is 39.7 Å². The average molecular weight is 560 g/mol. The number of benzene rings is 2. The van der Waals surface area contributed by atoms with E-state index in [4.69, 9.17) is 9.47 Å². The molecule has 0 saturated carbocycles. The number of halogens is 1. The zero-order chi connectivity index (χ0) is 26.8. The zero-order valence-electron chi connectivity index (χ0n) is 22.3. The second-order valence-electron chi connectivity index (χ2n) is 9.93. The van der Waals surface area contributed by atoms with Gasteiger partial charge >= 0.3 is 0 Å². The number of ether oxygens (including phenoxy) is 2. The summed E-state index contributed by atoms with van der Waals surface area (Å²) in [5.74, 6) is 1.57. The fourth-order valence-corrected chi connectivity index (χ4v) is 4.81. The molecule has 0 atom stereocenters. The van der Waals surface area contributed by atoms with Gasteiger partial charge in [0, 0.05) is 50.1 Å². The Kier molecular flexibility index (Phi) is 8.33. The largest absolute Gasteiger partial charge is 0.493 e. The Morgan fingerprint density at radius 3 is 2.42 bits per heavy atom. The summed E-state index contributed by atoms with van der Waals surface area (Å²) >= 11 is 3.24. The Balaban J connectivity index is 1.99. The molecule has 194 valence electrons. The number of Topliss-reactive ketones (excluding diaryl/α,β-unsaturated/α-hetero) is 1. The number of nitrogens with one attached hydrogen (secondary N) is 1. The lowest BCUT2D eigenvalue weighted by Gasteiger charge is -2.25. The third-order valence-corrected chi connectivity index (χ3v) is 6.52. The molecule has 1 heterocycles. The first-order valence-electron chi connectivity index (χ1n) is 11.9. The van der Waals surface area contributed by atoms with Gasteiger partial charge in [0.1, 0.15) is 5.84 Å². The topological polar surface area (TPSA) is 83.5 Å². The summed E-state index contributed by atoms with van der Waals surface area (Å²) in [5.41, 5.74) is 4.38. The maximum absolute atomic E-state index is 13.6. The van der Waals surface area contributed by atoms with Crippen molar-refractivity contribution in [3.63, 3.8) is 0 Å². The molecule has 0 spiro atoms. The van der Waals surface area contributed by atoms with Crippen molar-refractivity contribution in [2.75, 3.05) is 46.3 Å². The summed E-state index contributed by atoms with van der Waals surface area (Å²) in [7, 11) is 7.02. The quantitative estimate of drug-likeness (QED) is 0.478. The fourth-order valence-electron chi connectivity index (χ4n) is 4.40. The number of rotatable bonds is 8.